The number of carbonyl (C=O) groups excluding carboxylic acids is 1. The molecule has 1 saturated heterocycles. The number of rotatable bonds is 7. The molecule has 43 heavy (non-hydrogen) atoms. The van der Waals surface area contributed by atoms with Gasteiger partial charge in [0.15, 0.2) is 0 Å². The lowest BCUT2D eigenvalue weighted by atomic mass is 10.00. The van der Waals surface area contributed by atoms with Gasteiger partial charge in [-0.1, -0.05) is 12.1 Å². The second-order valence-corrected chi connectivity index (χ2v) is 10.2. The Morgan fingerprint density at radius 3 is 2.35 bits per heavy atom. The van der Waals surface area contributed by atoms with Crippen molar-refractivity contribution >= 4 is 11.6 Å². The Bertz CT molecular complexity index is 1580. The van der Waals surface area contributed by atoms with E-state index >= 15 is 0 Å². The molecule has 4 aromatic rings. The van der Waals surface area contributed by atoms with Gasteiger partial charge in [-0.15, -0.1) is 10.2 Å². The fourth-order valence-electron chi connectivity index (χ4n) is 4.91. The van der Waals surface area contributed by atoms with Gasteiger partial charge < -0.3 is 14.2 Å². The molecule has 1 unspecified atom stereocenters. The van der Waals surface area contributed by atoms with E-state index in [0.717, 1.165) is 42.1 Å². The highest BCUT2D eigenvalue weighted by atomic mass is 19.4. The number of pyridine rings is 1. The molecule has 226 valence electrons. The maximum absolute atomic E-state index is 13.7. The molecule has 0 N–H and O–H groups in total. The second-order valence-electron chi connectivity index (χ2n) is 10.2. The van der Waals surface area contributed by atoms with Gasteiger partial charge in [0.1, 0.15) is 18.1 Å². The zero-order chi connectivity index (χ0) is 30.9. The van der Waals surface area contributed by atoms with Crippen molar-refractivity contribution in [3.8, 4) is 11.6 Å². The number of aromatic nitrogens is 3. The molecule has 2 aromatic carbocycles. The van der Waals surface area contributed by atoms with Crippen LogP contribution in [0.1, 0.15) is 40.5 Å². The number of halogens is 7. The van der Waals surface area contributed by atoms with Gasteiger partial charge in [-0.25, -0.2) is 4.39 Å². The molecule has 2 aromatic heterocycles. The van der Waals surface area contributed by atoms with Crippen LogP contribution in [-0.2, 0) is 30.1 Å². The first-order valence-corrected chi connectivity index (χ1v) is 13.1. The molecule has 0 saturated carbocycles. The van der Waals surface area contributed by atoms with Gasteiger partial charge in [-0.2, -0.15) is 26.3 Å². The van der Waals surface area contributed by atoms with E-state index in [2.05, 4.69) is 20.1 Å². The summed E-state index contributed by atoms with van der Waals surface area (Å²) in [5, 5.41) is 7.90. The van der Waals surface area contributed by atoms with Crippen molar-refractivity contribution in [2.75, 3.05) is 25.0 Å². The average Bonchev–Trinajstić information content (AvgIpc) is 3.60. The number of anilines is 1. The van der Waals surface area contributed by atoms with Crippen LogP contribution in [0, 0.1) is 5.82 Å². The number of carbonyl (C=O) groups is 1. The van der Waals surface area contributed by atoms with Crippen LogP contribution in [-0.4, -0.2) is 46.1 Å². The number of benzene rings is 2. The minimum atomic E-state index is -5.16. The van der Waals surface area contributed by atoms with Crippen molar-refractivity contribution in [3.05, 3.63) is 94.8 Å². The van der Waals surface area contributed by atoms with E-state index in [-0.39, 0.29) is 23.5 Å². The van der Waals surface area contributed by atoms with Crippen molar-refractivity contribution in [2.45, 2.75) is 37.7 Å². The number of alkyl halides is 6. The lowest BCUT2D eigenvalue weighted by Crippen LogP contribution is -2.32. The molecule has 7 nitrogen and oxygen atoms in total. The van der Waals surface area contributed by atoms with Crippen molar-refractivity contribution in [1.29, 1.82) is 0 Å². The first kappa shape index (κ1) is 30.1. The number of likely N-dealkylation sites (tertiary alicyclic amines) is 1. The van der Waals surface area contributed by atoms with Gasteiger partial charge in [0.25, 0.3) is 5.89 Å². The molecule has 0 radical (unpaired) electrons. The molecule has 1 atom stereocenters. The fourth-order valence-corrected chi connectivity index (χ4v) is 4.91. The van der Waals surface area contributed by atoms with E-state index in [1.165, 1.54) is 12.1 Å². The minimum Gasteiger partial charge on any atom is -0.417 e. The Morgan fingerprint density at radius 1 is 1.00 bits per heavy atom. The highest BCUT2D eigenvalue weighted by Gasteiger charge is 2.38. The number of amides is 1. The van der Waals surface area contributed by atoms with Crippen molar-refractivity contribution < 1.29 is 39.9 Å². The standard InChI is InChI=1S/C29H24F7N5O2/c1-40-11-10-19(15-40)18-3-9-24(37-14-18)27-39-38-25(43-27)16-41(22-7-5-21(30)6-8-22)26(42)12-17-2-4-20(28(31,32)33)13-23(17)29(34,35)36/h2-9,13-14,19H,10-12,15-16H2,1H3. The summed E-state index contributed by atoms with van der Waals surface area (Å²) in [5.41, 5.74) is -2.23. The lowest BCUT2D eigenvalue weighted by molar-refractivity contribution is -0.143. The molecule has 0 spiro atoms. The van der Waals surface area contributed by atoms with Crippen LogP contribution in [0.2, 0.25) is 0 Å². The molecule has 1 aliphatic rings. The van der Waals surface area contributed by atoms with Crippen LogP contribution in [0.3, 0.4) is 0 Å². The molecule has 3 heterocycles. The maximum atomic E-state index is 13.7. The summed E-state index contributed by atoms with van der Waals surface area (Å²) in [6.45, 7) is 1.49. The Balaban J connectivity index is 1.39. The molecule has 0 bridgehead atoms. The fraction of sp³-hybridized carbons (Fsp3) is 0.310. The van der Waals surface area contributed by atoms with E-state index in [0.29, 0.717) is 23.7 Å². The predicted octanol–water partition coefficient (Wildman–Crippen LogP) is 6.50. The molecule has 0 aliphatic carbocycles. The molecular weight excluding hydrogens is 583 g/mol. The normalized spacial score (nSPS) is 16.0. The second kappa shape index (κ2) is 11.7. The summed E-state index contributed by atoms with van der Waals surface area (Å²) in [5.74, 6) is -1.27. The van der Waals surface area contributed by atoms with Crippen LogP contribution < -0.4 is 4.90 Å². The van der Waals surface area contributed by atoms with Gasteiger partial charge in [0.05, 0.1) is 17.5 Å². The van der Waals surface area contributed by atoms with Crippen molar-refractivity contribution in [2.24, 2.45) is 0 Å². The summed E-state index contributed by atoms with van der Waals surface area (Å²) < 4.78 is 99.7. The average molecular weight is 608 g/mol. The van der Waals surface area contributed by atoms with Crippen LogP contribution in [0.15, 0.2) is 65.2 Å². The Labute approximate surface area is 241 Å². The molecule has 14 heteroatoms. The maximum Gasteiger partial charge on any atom is 0.416 e. The van der Waals surface area contributed by atoms with Crippen LogP contribution in [0.25, 0.3) is 11.6 Å². The summed E-state index contributed by atoms with van der Waals surface area (Å²) in [6, 6.07) is 9.24. The van der Waals surface area contributed by atoms with E-state index in [9.17, 15) is 35.5 Å². The lowest BCUT2D eigenvalue weighted by Gasteiger charge is -2.23. The van der Waals surface area contributed by atoms with Gasteiger partial charge in [-0.3, -0.25) is 9.78 Å². The highest BCUT2D eigenvalue weighted by molar-refractivity contribution is 5.94. The molecule has 5 rings (SSSR count). The van der Waals surface area contributed by atoms with E-state index in [1.54, 1.807) is 12.3 Å². The Hall–Kier alpha value is -4.33. The summed E-state index contributed by atoms with van der Waals surface area (Å²) in [6.07, 6.45) is -8.35. The zero-order valence-electron chi connectivity index (χ0n) is 22.6. The van der Waals surface area contributed by atoms with Gasteiger partial charge in [0.2, 0.25) is 11.8 Å². The van der Waals surface area contributed by atoms with Crippen LogP contribution >= 0.6 is 0 Å². The number of hydrogen-bond acceptors (Lipinski definition) is 6. The monoisotopic (exact) mass is 607 g/mol. The summed E-state index contributed by atoms with van der Waals surface area (Å²) in [4.78, 5) is 21.0. The Morgan fingerprint density at radius 2 is 1.74 bits per heavy atom. The first-order valence-electron chi connectivity index (χ1n) is 13.1. The number of hydrogen-bond donors (Lipinski definition) is 0. The van der Waals surface area contributed by atoms with E-state index in [4.69, 9.17) is 4.42 Å². The van der Waals surface area contributed by atoms with Gasteiger partial charge >= 0.3 is 12.4 Å². The van der Waals surface area contributed by atoms with Gasteiger partial charge in [0, 0.05) is 18.4 Å². The minimum absolute atomic E-state index is 0.0294. The number of nitrogens with zero attached hydrogens (tertiary/aromatic N) is 5. The van der Waals surface area contributed by atoms with Crippen LogP contribution in [0.5, 0.6) is 0 Å². The molecule has 1 amide bonds. The highest BCUT2D eigenvalue weighted by Crippen LogP contribution is 2.38. The van der Waals surface area contributed by atoms with E-state index < -0.39 is 53.7 Å². The summed E-state index contributed by atoms with van der Waals surface area (Å²) in [7, 11) is 2.04. The quantitative estimate of drug-likeness (QED) is 0.223. The topological polar surface area (TPSA) is 75.4 Å². The molecule has 1 fully saturated rings. The van der Waals surface area contributed by atoms with Gasteiger partial charge in [-0.05, 0) is 79.5 Å². The zero-order valence-corrected chi connectivity index (χ0v) is 22.6. The first-order chi connectivity index (χ1) is 20.3. The van der Waals surface area contributed by atoms with Crippen molar-refractivity contribution in [1.82, 2.24) is 20.1 Å². The third kappa shape index (κ3) is 7.01. The third-order valence-electron chi connectivity index (χ3n) is 7.15. The van der Waals surface area contributed by atoms with E-state index in [1.807, 2.05) is 13.1 Å². The SMILES string of the molecule is CN1CCC(c2ccc(-c3nnc(CN(C(=O)Cc4ccc(C(F)(F)F)cc4C(F)(F)F)c4ccc(F)cc4)o3)nc2)C1. The third-order valence-corrected chi connectivity index (χ3v) is 7.15. The van der Waals surface area contributed by atoms with Crippen molar-refractivity contribution in [3.63, 3.8) is 0 Å². The number of likely N-dealkylation sites (N-methyl/N-ethyl adjacent to an activating group) is 1. The molecular formula is C29H24F7N5O2. The van der Waals surface area contributed by atoms with Crippen LogP contribution in [0.4, 0.5) is 36.4 Å². The smallest absolute Gasteiger partial charge is 0.416 e. The molecule has 1 aliphatic heterocycles. The predicted molar refractivity (Wildman–Crippen MR) is 140 cm³/mol. The summed E-state index contributed by atoms with van der Waals surface area (Å²) >= 11 is 0. The Kier molecular flexibility index (Phi) is 8.23. The largest absolute Gasteiger partial charge is 0.417 e.